The second kappa shape index (κ2) is 4.26. The van der Waals surface area contributed by atoms with Crippen molar-refractivity contribution in [1.82, 2.24) is 0 Å². The average Bonchev–Trinajstić information content (AvgIpc) is 2.46. The molecule has 0 aromatic heterocycles. The maximum absolute atomic E-state index is 11.3. The van der Waals surface area contributed by atoms with Gasteiger partial charge in [-0.05, 0) is 24.6 Å². The first-order valence-electron chi connectivity index (χ1n) is 5.54. The van der Waals surface area contributed by atoms with Gasteiger partial charge in [-0.2, -0.15) is 0 Å². The minimum Gasteiger partial charge on any atom is -0.465 e. The van der Waals surface area contributed by atoms with E-state index in [0.717, 1.165) is 6.42 Å². The minimum atomic E-state index is -1.71. The number of hydrogen-bond donors (Lipinski definition) is 0. The van der Waals surface area contributed by atoms with Crippen molar-refractivity contribution >= 4 is 14.3 Å². The molecule has 1 saturated heterocycles. The summed E-state index contributed by atoms with van der Waals surface area (Å²) in [5, 5.41) is 0.204. The molecule has 15 heavy (non-hydrogen) atoms. The van der Waals surface area contributed by atoms with E-state index in [0.29, 0.717) is 13.2 Å². The van der Waals surface area contributed by atoms with Crippen LogP contribution in [0.4, 0.5) is 0 Å². The number of rotatable bonds is 3. The Balaban J connectivity index is 2.46. The van der Waals surface area contributed by atoms with Crippen molar-refractivity contribution in [3.8, 4) is 0 Å². The summed E-state index contributed by atoms with van der Waals surface area (Å²) in [5.41, 5.74) is 0. The van der Waals surface area contributed by atoms with Crippen LogP contribution < -0.4 is 0 Å². The van der Waals surface area contributed by atoms with Crippen LogP contribution in [-0.4, -0.2) is 27.5 Å². The first kappa shape index (κ1) is 12.7. The number of carbonyl (C=O) groups is 1. The first-order valence-corrected chi connectivity index (χ1v) is 8.45. The van der Waals surface area contributed by atoms with Gasteiger partial charge >= 0.3 is 5.97 Å². The predicted molar refractivity (Wildman–Crippen MR) is 62.2 cm³/mol. The molecule has 0 N–H and O–H groups in total. The van der Waals surface area contributed by atoms with Gasteiger partial charge in [0.1, 0.15) is 0 Å². The van der Waals surface area contributed by atoms with Crippen LogP contribution in [0, 0.1) is 5.92 Å². The minimum absolute atomic E-state index is 0.0286. The molecule has 0 aromatic rings. The topological polar surface area (TPSA) is 35.5 Å². The van der Waals surface area contributed by atoms with Crippen molar-refractivity contribution in [2.45, 2.75) is 45.3 Å². The number of hydrogen-bond acceptors (Lipinski definition) is 3. The van der Waals surface area contributed by atoms with E-state index in [9.17, 15) is 4.79 Å². The van der Waals surface area contributed by atoms with Gasteiger partial charge < -0.3 is 9.16 Å². The molecule has 1 aliphatic rings. The van der Waals surface area contributed by atoms with E-state index >= 15 is 0 Å². The lowest BCUT2D eigenvalue weighted by Gasteiger charge is -2.36. The second-order valence-corrected chi connectivity index (χ2v) is 10.5. The van der Waals surface area contributed by atoms with Crippen molar-refractivity contribution in [1.29, 1.82) is 0 Å². The first-order chi connectivity index (χ1) is 6.74. The molecular formula is C11H22O3Si. The maximum Gasteiger partial charge on any atom is 0.311 e. The molecule has 1 atom stereocenters. The van der Waals surface area contributed by atoms with E-state index in [1.54, 1.807) is 0 Å². The van der Waals surface area contributed by atoms with Gasteiger partial charge in [0.15, 0.2) is 8.32 Å². The van der Waals surface area contributed by atoms with E-state index in [4.69, 9.17) is 9.16 Å². The molecule has 1 aliphatic heterocycles. The van der Waals surface area contributed by atoms with Gasteiger partial charge in [-0.25, -0.2) is 0 Å². The fourth-order valence-corrected chi connectivity index (χ4v) is 2.27. The quantitative estimate of drug-likeness (QED) is 0.552. The number of ether oxygens (including phenoxy) is 1. The van der Waals surface area contributed by atoms with E-state index < -0.39 is 8.32 Å². The van der Waals surface area contributed by atoms with Gasteiger partial charge in [-0.3, -0.25) is 4.79 Å². The van der Waals surface area contributed by atoms with Crippen molar-refractivity contribution in [2.24, 2.45) is 5.92 Å². The molecule has 0 bridgehead atoms. The molecule has 88 valence electrons. The summed E-state index contributed by atoms with van der Waals surface area (Å²) in [4.78, 5) is 11.3. The zero-order valence-electron chi connectivity index (χ0n) is 10.4. The highest BCUT2D eigenvalue weighted by Crippen LogP contribution is 2.37. The third kappa shape index (κ3) is 3.05. The Morgan fingerprint density at radius 2 is 2.07 bits per heavy atom. The van der Waals surface area contributed by atoms with Crippen LogP contribution in [0.2, 0.25) is 18.1 Å². The highest BCUT2D eigenvalue weighted by atomic mass is 28.4. The Hall–Kier alpha value is -0.353. The SMILES string of the molecule is CC(C)(C)[Si](C)(C)OCC1CCOC1=O. The summed E-state index contributed by atoms with van der Waals surface area (Å²) in [6.07, 6.45) is 0.813. The molecule has 0 saturated carbocycles. The molecule has 1 unspecified atom stereocenters. The molecular weight excluding hydrogens is 208 g/mol. The van der Waals surface area contributed by atoms with Gasteiger partial charge in [-0.15, -0.1) is 0 Å². The molecule has 3 nitrogen and oxygen atoms in total. The number of carbonyl (C=O) groups excluding carboxylic acids is 1. The molecule has 0 aliphatic carbocycles. The molecule has 1 rings (SSSR count). The summed E-state index contributed by atoms with van der Waals surface area (Å²) in [6, 6.07) is 0. The zero-order valence-corrected chi connectivity index (χ0v) is 11.4. The van der Waals surface area contributed by atoms with Crippen molar-refractivity contribution in [2.75, 3.05) is 13.2 Å². The Labute approximate surface area is 93.3 Å². The molecule has 0 spiro atoms. The molecule has 0 amide bonds. The van der Waals surface area contributed by atoms with Gasteiger partial charge in [0.05, 0.1) is 12.5 Å². The van der Waals surface area contributed by atoms with Gasteiger partial charge in [0, 0.05) is 6.61 Å². The lowest BCUT2D eigenvalue weighted by Crippen LogP contribution is -2.42. The Morgan fingerprint density at radius 3 is 2.47 bits per heavy atom. The van der Waals surface area contributed by atoms with Crippen molar-refractivity contribution in [3.05, 3.63) is 0 Å². The smallest absolute Gasteiger partial charge is 0.311 e. The van der Waals surface area contributed by atoms with Gasteiger partial charge in [0.25, 0.3) is 0 Å². The third-order valence-electron chi connectivity index (χ3n) is 3.50. The van der Waals surface area contributed by atoms with Gasteiger partial charge in [0.2, 0.25) is 0 Å². The average molecular weight is 230 g/mol. The van der Waals surface area contributed by atoms with E-state index in [-0.39, 0.29) is 16.9 Å². The summed E-state index contributed by atoms with van der Waals surface area (Å²) in [7, 11) is -1.71. The fourth-order valence-electron chi connectivity index (χ4n) is 1.21. The normalized spacial score (nSPS) is 23.0. The molecule has 4 heteroatoms. The molecule has 0 radical (unpaired) electrons. The van der Waals surface area contributed by atoms with E-state index in [1.807, 2.05) is 0 Å². The predicted octanol–water partition coefficient (Wildman–Crippen LogP) is 2.57. The zero-order chi connectivity index (χ0) is 11.7. The van der Waals surface area contributed by atoms with Crippen LogP contribution in [0.3, 0.4) is 0 Å². The lowest BCUT2D eigenvalue weighted by atomic mass is 10.1. The van der Waals surface area contributed by atoms with Crippen LogP contribution in [-0.2, 0) is 14.0 Å². The molecule has 0 aromatic carbocycles. The summed E-state index contributed by atoms with van der Waals surface area (Å²) in [6.45, 7) is 12.1. The number of cyclic esters (lactones) is 1. The second-order valence-electron chi connectivity index (χ2n) is 5.72. The Kier molecular flexibility index (Phi) is 3.61. The van der Waals surface area contributed by atoms with Crippen LogP contribution >= 0.6 is 0 Å². The molecule has 1 heterocycles. The fraction of sp³-hybridized carbons (Fsp3) is 0.909. The monoisotopic (exact) mass is 230 g/mol. The van der Waals surface area contributed by atoms with Crippen LogP contribution in [0.5, 0.6) is 0 Å². The Bertz CT molecular complexity index is 243. The van der Waals surface area contributed by atoms with Crippen LogP contribution in [0.15, 0.2) is 0 Å². The summed E-state index contributed by atoms with van der Waals surface area (Å²) in [5.74, 6) is -0.118. The highest BCUT2D eigenvalue weighted by Gasteiger charge is 2.39. The highest BCUT2D eigenvalue weighted by molar-refractivity contribution is 6.74. The largest absolute Gasteiger partial charge is 0.465 e. The number of esters is 1. The standard InChI is InChI=1S/C11H22O3Si/c1-11(2,3)15(4,5)14-8-9-6-7-13-10(9)12/h9H,6-8H2,1-5H3. The van der Waals surface area contributed by atoms with Crippen LogP contribution in [0.1, 0.15) is 27.2 Å². The van der Waals surface area contributed by atoms with Gasteiger partial charge in [-0.1, -0.05) is 20.8 Å². The van der Waals surface area contributed by atoms with Crippen molar-refractivity contribution in [3.63, 3.8) is 0 Å². The van der Waals surface area contributed by atoms with Crippen LogP contribution in [0.25, 0.3) is 0 Å². The summed E-state index contributed by atoms with van der Waals surface area (Å²) >= 11 is 0. The summed E-state index contributed by atoms with van der Waals surface area (Å²) < 4.78 is 10.9. The third-order valence-corrected chi connectivity index (χ3v) is 8.00. The van der Waals surface area contributed by atoms with E-state index in [2.05, 4.69) is 33.9 Å². The molecule has 1 fully saturated rings. The maximum atomic E-state index is 11.3. The Morgan fingerprint density at radius 1 is 1.47 bits per heavy atom. The lowest BCUT2D eigenvalue weighted by molar-refractivity contribution is -0.142. The van der Waals surface area contributed by atoms with E-state index in [1.165, 1.54) is 0 Å². The van der Waals surface area contributed by atoms with Crippen molar-refractivity contribution < 1.29 is 14.0 Å².